The van der Waals surface area contributed by atoms with E-state index in [1.807, 2.05) is 0 Å². The summed E-state index contributed by atoms with van der Waals surface area (Å²) >= 11 is 11.4. The molecule has 5 N–H and O–H groups in total. The third kappa shape index (κ3) is 8.93. The summed E-state index contributed by atoms with van der Waals surface area (Å²) in [7, 11) is -9.50. The molecule has 13 heteroatoms. The molecule has 0 saturated heterocycles. The standard InChI is InChI=1S/C13H22ClNO3SSi.C7H8ClNO3S/c1-13(2,3)20(4,5)18-9-10-6-7-11(14)12(8-10)19(15,16)17;8-6-2-1-5(4-10)3-7(6)13(9,11)12/h6-8H,9H2,1-5H3,(H2,15,16,17);1-3,10H,4H2,(H2,9,11,12). The fraction of sp³-hybridized carbons (Fsp3) is 0.400. The number of rotatable bonds is 6. The highest BCUT2D eigenvalue weighted by atomic mass is 35.5. The van der Waals surface area contributed by atoms with E-state index >= 15 is 0 Å². The van der Waals surface area contributed by atoms with Crippen molar-refractivity contribution in [3.8, 4) is 0 Å². The zero-order valence-corrected chi connectivity index (χ0v) is 23.2. The molecule has 0 amide bonds. The Bertz CT molecular complexity index is 1200. The van der Waals surface area contributed by atoms with Crippen LogP contribution in [-0.2, 0) is 37.7 Å². The molecular weight excluding hydrogens is 527 g/mol. The minimum absolute atomic E-state index is 0.0553. The Morgan fingerprint density at radius 1 is 0.879 bits per heavy atom. The third-order valence-corrected chi connectivity index (χ3v) is 12.5. The first-order valence-corrected chi connectivity index (χ1v) is 16.4. The lowest BCUT2D eigenvalue weighted by Gasteiger charge is -2.36. The Labute approximate surface area is 207 Å². The van der Waals surface area contributed by atoms with E-state index in [-0.39, 0.29) is 31.5 Å². The van der Waals surface area contributed by atoms with Gasteiger partial charge < -0.3 is 9.53 Å². The topological polar surface area (TPSA) is 150 Å². The molecule has 0 atom stereocenters. The quantitative estimate of drug-likeness (QED) is 0.457. The molecule has 0 aliphatic heterocycles. The van der Waals surface area contributed by atoms with Crippen molar-refractivity contribution in [2.75, 3.05) is 0 Å². The lowest BCUT2D eigenvalue weighted by Crippen LogP contribution is -2.40. The van der Waals surface area contributed by atoms with Crippen molar-refractivity contribution in [1.82, 2.24) is 0 Å². The molecule has 0 aromatic heterocycles. The summed E-state index contributed by atoms with van der Waals surface area (Å²) in [5, 5.41) is 19.0. The van der Waals surface area contributed by atoms with E-state index in [1.165, 1.54) is 30.3 Å². The summed E-state index contributed by atoms with van der Waals surface area (Å²) in [6.45, 7) is 10.8. The second kappa shape index (κ2) is 11.1. The molecule has 0 unspecified atom stereocenters. The van der Waals surface area contributed by atoms with Gasteiger partial charge in [-0.1, -0.05) is 56.1 Å². The predicted molar refractivity (Wildman–Crippen MR) is 134 cm³/mol. The number of hydrogen-bond donors (Lipinski definition) is 3. The van der Waals surface area contributed by atoms with Gasteiger partial charge in [0.1, 0.15) is 9.79 Å². The summed E-state index contributed by atoms with van der Waals surface area (Å²) in [6.07, 6.45) is 0. The number of halogens is 2. The average molecular weight is 558 g/mol. The number of nitrogens with two attached hydrogens (primary N) is 2. The van der Waals surface area contributed by atoms with Crippen LogP contribution < -0.4 is 10.3 Å². The van der Waals surface area contributed by atoms with Gasteiger partial charge in [0, 0.05) is 0 Å². The van der Waals surface area contributed by atoms with Crippen molar-refractivity contribution in [1.29, 1.82) is 0 Å². The highest BCUT2D eigenvalue weighted by molar-refractivity contribution is 7.89. The van der Waals surface area contributed by atoms with Crippen molar-refractivity contribution >= 4 is 51.6 Å². The van der Waals surface area contributed by atoms with Crippen LogP contribution in [0.4, 0.5) is 0 Å². The molecule has 0 bridgehead atoms. The van der Waals surface area contributed by atoms with E-state index in [1.54, 1.807) is 6.07 Å². The summed E-state index contributed by atoms with van der Waals surface area (Å²) in [6, 6.07) is 8.92. The predicted octanol–water partition coefficient (Wildman–Crippen LogP) is 3.99. The number of sulfonamides is 2. The fourth-order valence-corrected chi connectivity index (χ4v) is 5.35. The first-order chi connectivity index (χ1) is 14.8. The van der Waals surface area contributed by atoms with Crippen molar-refractivity contribution in [2.24, 2.45) is 10.3 Å². The average Bonchev–Trinajstić information content (AvgIpc) is 2.65. The molecular formula is C20H30Cl2N2O6S2Si. The molecule has 186 valence electrons. The van der Waals surface area contributed by atoms with Gasteiger partial charge in [-0.3, -0.25) is 0 Å². The van der Waals surface area contributed by atoms with Crippen LogP contribution in [0.15, 0.2) is 46.2 Å². The van der Waals surface area contributed by atoms with Crippen molar-refractivity contribution in [3.63, 3.8) is 0 Å². The highest BCUT2D eigenvalue weighted by Crippen LogP contribution is 2.37. The van der Waals surface area contributed by atoms with Crippen LogP contribution >= 0.6 is 23.2 Å². The third-order valence-electron chi connectivity index (χ3n) is 5.19. The van der Waals surface area contributed by atoms with Crippen LogP contribution in [-0.4, -0.2) is 30.3 Å². The maximum absolute atomic E-state index is 11.4. The van der Waals surface area contributed by atoms with Gasteiger partial charge in [0.25, 0.3) is 0 Å². The van der Waals surface area contributed by atoms with Gasteiger partial charge in [-0.15, -0.1) is 0 Å². The molecule has 2 aromatic carbocycles. The van der Waals surface area contributed by atoms with Crippen LogP contribution in [0.2, 0.25) is 28.2 Å². The Morgan fingerprint density at radius 3 is 1.64 bits per heavy atom. The second-order valence-electron chi connectivity index (χ2n) is 8.83. The van der Waals surface area contributed by atoms with Gasteiger partial charge in [-0.2, -0.15) is 0 Å². The monoisotopic (exact) mass is 556 g/mol. The van der Waals surface area contributed by atoms with Crippen LogP contribution in [0, 0.1) is 0 Å². The molecule has 33 heavy (non-hydrogen) atoms. The molecule has 8 nitrogen and oxygen atoms in total. The van der Waals surface area contributed by atoms with Gasteiger partial charge in [0.2, 0.25) is 20.0 Å². The summed E-state index contributed by atoms with van der Waals surface area (Å²) in [4.78, 5) is -0.226. The number of benzene rings is 2. The van der Waals surface area contributed by atoms with Crippen molar-refractivity contribution in [2.45, 2.75) is 61.9 Å². The van der Waals surface area contributed by atoms with E-state index in [0.717, 1.165) is 5.56 Å². The lowest BCUT2D eigenvalue weighted by atomic mass is 10.2. The molecule has 0 aliphatic rings. The number of primary sulfonamides is 2. The second-order valence-corrected chi connectivity index (χ2v) is 17.5. The van der Waals surface area contributed by atoms with E-state index in [9.17, 15) is 16.8 Å². The van der Waals surface area contributed by atoms with Gasteiger partial charge in [0.15, 0.2) is 8.32 Å². The largest absolute Gasteiger partial charge is 0.413 e. The fourth-order valence-electron chi connectivity index (χ4n) is 2.20. The molecule has 0 saturated carbocycles. The summed E-state index contributed by atoms with van der Waals surface area (Å²) in [5.41, 5.74) is 1.21. The van der Waals surface area contributed by atoms with Gasteiger partial charge >= 0.3 is 0 Å². The van der Waals surface area contributed by atoms with Crippen molar-refractivity contribution in [3.05, 3.63) is 57.6 Å². The maximum atomic E-state index is 11.4. The highest BCUT2D eigenvalue weighted by Gasteiger charge is 2.37. The summed E-state index contributed by atoms with van der Waals surface area (Å²) < 4.78 is 50.8. The molecule has 2 rings (SSSR count). The van der Waals surface area contributed by atoms with E-state index in [0.29, 0.717) is 12.2 Å². The molecule has 0 radical (unpaired) electrons. The minimum Gasteiger partial charge on any atom is -0.413 e. The van der Waals surface area contributed by atoms with E-state index < -0.39 is 28.4 Å². The number of aliphatic hydroxyl groups is 1. The van der Waals surface area contributed by atoms with Crippen LogP contribution in [0.1, 0.15) is 31.9 Å². The smallest absolute Gasteiger partial charge is 0.239 e. The van der Waals surface area contributed by atoms with Crippen molar-refractivity contribution < 1.29 is 26.4 Å². The Hall–Kier alpha value is -1.02. The van der Waals surface area contributed by atoms with E-state index in [4.69, 9.17) is 43.0 Å². The number of hydrogen-bond acceptors (Lipinski definition) is 6. The lowest BCUT2D eigenvalue weighted by molar-refractivity contribution is 0.276. The van der Waals surface area contributed by atoms with Gasteiger partial charge in [-0.25, -0.2) is 27.1 Å². The molecule has 0 heterocycles. The minimum atomic E-state index is -3.81. The van der Waals surface area contributed by atoms with E-state index in [2.05, 4.69) is 33.9 Å². The zero-order chi connectivity index (χ0) is 25.8. The van der Waals surface area contributed by atoms with Crippen LogP contribution in [0.25, 0.3) is 0 Å². The van der Waals surface area contributed by atoms with Gasteiger partial charge in [0.05, 0.1) is 23.3 Å². The Morgan fingerprint density at radius 2 is 1.27 bits per heavy atom. The molecule has 0 aliphatic carbocycles. The Kier molecular flexibility index (Phi) is 10.1. The molecule has 0 fully saturated rings. The SMILES string of the molecule is CC(C)(C)[Si](C)(C)OCc1ccc(Cl)c(S(N)(=O)=O)c1.NS(=O)(=O)c1cc(CO)ccc1Cl. The van der Waals surface area contributed by atoms with Crippen LogP contribution in [0.3, 0.4) is 0 Å². The number of aliphatic hydroxyl groups excluding tert-OH is 1. The first-order valence-electron chi connectivity index (χ1n) is 9.67. The normalized spacial score (nSPS) is 12.8. The van der Waals surface area contributed by atoms with Gasteiger partial charge in [-0.05, 0) is 53.5 Å². The first kappa shape index (κ1) is 30.0. The maximum Gasteiger partial charge on any atom is 0.239 e. The Balaban J connectivity index is 0.000000361. The molecule has 2 aromatic rings. The molecule has 0 spiro atoms. The summed E-state index contributed by atoms with van der Waals surface area (Å²) in [5.74, 6) is 0. The zero-order valence-electron chi connectivity index (χ0n) is 19.1. The van der Waals surface area contributed by atoms with Crippen LogP contribution in [0.5, 0.6) is 0 Å².